The van der Waals surface area contributed by atoms with Crippen LogP contribution in [-0.2, 0) is 4.79 Å². The molecule has 1 aliphatic heterocycles. The van der Waals surface area contributed by atoms with Crippen molar-refractivity contribution in [1.82, 2.24) is 0 Å². The van der Waals surface area contributed by atoms with Crippen molar-refractivity contribution in [1.29, 1.82) is 0 Å². The van der Waals surface area contributed by atoms with Crippen LogP contribution in [-0.4, -0.2) is 12.4 Å². The van der Waals surface area contributed by atoms with Gasteiger partial charge < -0.3 is 4.74 Å². The van der Waals surface area contributed by atoms with Crippen LogP contribution in [0.5, 0.6) is 5.75 Å². The molecule has 0 aliphatic carbocycles. The summed E-state index contributed by atoms with van der Waals surface area (Å²) in [6, 6.07) is 8.12. The van der Waals surface area contributed by atoms with E-state index >= 15 is 0 Å². The molecule has 2 nitrogen and oxygen atoms in total. The third-order valence-corrected chi connectivity index (χ3v) is 4.57. The number of carbonyl (C=O) groups is 1. The van der Waals surface area contributed by atoms with Crippen molar-refractivity contribution < 1.29 is 9.53 Å². The Kier molecular flexibility index (Phi) is 4.52. The average molecular weight is 274 g/mol. The number of hydrogen-bond acceptors (Lipinski definition) is 2. The summed E-state index contributed by atoms with van der Waals surface area (Å²) in [6.07, 6.45) is 2.29. The molecule has 0 bridgehead atoms. The summed E-state index contributed by atoms with van der Waals surface area (Å²) in [7, 11) is 0. The molecule has 1 aromatic carbocycles. The van der Waals surface area contributed by atoms with Gasteiger partial charge >= 0.3 is 0 Å². The summed E-state index contributed by atoms with van der Waals surface area (Å²) >= 11 is 0. The second kappa shape index (κ2) is 5.99. The summed E-state index contributed by atoms with van der Waals surface area (Å²) in [5.41, 5.74) is 1.40. The van der Waals surface area contributed by atoms with E-state index in [9.17, 15) is 4.79 Å². The largest absolute Gasteiger partial charge is 0.493 e. The van der Waals surface area contributed by atoms with Crippen molar-refractivity contribution in [2.75, 3.05) is 6.61 Å². The lowest BCUT2D eigenvalue weighted by atomic mass is 9.77. The number of hydrogen-bond donors (Lipinski definition) is 0. The molecule has 0 radical (unpaired) electrons. The number of fused-ring (bicyclic) bond motifs is 1. The molecule has 2 heteroatoms. The van der Waals surface area contributed by atoms with Gasteiger partial charge in [-0.2, -0.15) is 0 Å². The molecule has 1 aromatic rings. The Bertz CT molecular complexity index is 471. The third kappa shape index (κ3) is 3.62. The zero-order valence-corrected chi connectivity index (χ0v) is 13.1. The first-order valence-electron chi connectivity index (χ1n) is 7.61. The fourth-order valence-corrected chi connectivity index (χ4v) is 2.63. The summed E-state index contributed by atoms with van der Waals surface area (Å²) in [4.78, 5) is 12.3. The molecule has 1 aliphatic rings. The minimum Gasteiger partial charge on any atom is -0.493 e. The second-order valence-corrected chi connectivity index (χ2v) is 7.09. The van der Waals surface area contributed by atoms with Crippen LogP contribution in [0.2, 0.25) is 0 Å². The SMILES string of the molecule is CC(CC(=O)CC1CCOc2ccccc21)C(C)(C)C. The highest BCUT2D eigenvalue weighted by atomic mass is 16.5. The van der Waals surface area contributed by atoms with Crippen LogP contribution in [0.15, 0.2) is 24.3 Å². The first-order valence-corrected chi connectivity index (χ1v) is 7.61. The molecule has 20 heavy (non-hydrogen) atoms. The molecule has 0 fully saturated rings. The van der Waals surface area contributed by atoms with Crippen molar-refractivity contribution in [3.8, 4) is 5.75 Å². The molecule has 0 saturated heterocycles. The van der Waals surface area contributed by atoms with Gasteiger partial charge in [-0.1, -0.05) is 45.9 Å². The molecule has 2 unspecified atom stereocenters. The molecule has 2 atom stereocenters. The van der Waals surface area contributed by atoms with Crippen LogP contribution >= 0.6 is 0 Å². The first-order chi connectivity index (χ1) is 9.38. The van der Waals surface area contributed by atoms with E-state index in [-0.39, 0.29) is 5.41 Å². The van der Waals surface area contributed by atoms with Gasteiger partial charge in [0, 0.05) is 12.8 Å². The normalized spacial score (nSPS) is 19.9. The predicted octanol–water partition coefficient (Wildman–Crippen LogP) is 4.58. The van der Waals surface area contributed by atoms with Crippen LogP contribution < -0.4 is 4.74 Å². The minimum atomic E-state index is 0.198. The van der Waals surface area contributed by atoms with Crippen LogP contribution in [0.1, 0.15) is 58.4 Å². The molecule has 110 valence electrons. The van der Waals surface area contributed by atoms with E-state index in [1.54, 1.807) is 0 Å². The van der Waals surface area contributed by atoms with E-state index in [1.807, 2.05) is 18.2 Å². The average Bonchev–Trinajstić information content (AvgIpc) is 2.38. The molecule has 2 rings (SSSR count). The van der Waals surface area contributed by atoms with Crippen molar-refractivity contribution in [2.24, 2.45) is 11.3 Å². The second-order valence-electron chi connectivity index (χ2n) is 7.09. The van der Waals surface area contributed by atoms with E-state index in [4.69, 9.17) is 4.74 Å². The fraction of sp³-hybridized carbons (Fsp3) is 0.611. The molecule has 0 amide bonds. The van der Waals surface area contributed by atoms with Crippen LogP contribution in [0.4, 0.5) is 0 Å². The molecule has 1 heterocycles. The zero-order valence-electron chi connectivity index (χ0n) is 13.1. The van der Waals surface area contributed by atoms with Gasteiger partial charge in [0.25, 0.3) is 0 Å². The van der Waals surface area contributed by atoms with Gasteiger partial charge in [0.1, 0.15) is 11.5 Å². The Morgan fingerprint density at radius 1 is 1.35 bits per heavy atom. The minimum absolute atomic E-state index is 0.198. The monoisotopic (exact) mass is 274 g/mol. The van der Waals surface area contributed by atoms with Gasteiger partial charge in [-0.25, -0.2) is 0 Å². The Morgan fingerprint density at radius 3 is 2.75 bits per heavy atom. The topological polar surface area (TPSA) is 26.3 Å². The van der Waals surface area contributed by atoms with E-state index in [0.29, 0.717) is 30.5 Å². The molecule has 0 saturated carbocycles. The molecular weight excluding hydrogens is 248 g/mol. The van der Waals surface area contributed by atoms with Gasteiger partial charge in [0.2, 0.25) is 0 Å². The number of benzene rings is 1. The van der Waals surface area contributed by atoms with E-state index in [2.05, 4.69) is 33.8 Å². The molecular formula is C18H26O2. The lowest BCUT2D eigenvalue weighted by molar-refractivity contribution is -0.121. The van der Waals surface area contributed by atoms with E-state index in [0.717, 1.165) is 18.8 Å². The lowest BCUT2D eigenvalue weighted by Crippen LogP contribution is -2.22. The van der Waals surface area contributed by atoms with Gasteiger partial charge in [0.05, 0.1) is 6.61 Å². The highest BCUT2D eigenvalue weighted by molar-refractivity contribution is 5.79. The standard InChI is InChI=1S/C18H26O2/c1-13(18(2,3)4)11-15(19)12-14-9-10-20-17-8-6-5-7-16(14)17/h5-8,13-14H,9-12H2,1-4H3. The summed E-state index contributed by atoms with van der Waals surface area (Å²) in [5, 5.41) is 0. The Morgan fingerprint density at radius 2 is 2.05 bits per heavy atom. The zero-order chi connectivity index (χ0) is 14.8. The number of Topliss-reactive ketones (excluding diaryl/α,β-unsaturated/α-hetero) is 1. The molecule has 0 aromatic heterocycles. The lowest BCUT2D eigenvalue weighted by Gasteiger charge is -2.28. The Hall–Kier alpha value is -1.31. The van der Waals surface area contributed by atoms with Crippen LogP contribution in [0, 0.1) is 11.3 Å². The first kappa shape index (κ1) is 15.1. The van der Waals surface area contributed by atoms with Crippen molar-refractivity contribution in [3.05, 3.63) is 29.8 Å². The number of ether oxygens (including phenoxy) is 1. The summed E-state index contributed by atoms with van der Waals surface area (Å²) < 4.78 is 5.66. The highest BCUT2D eigenvalue weighted by Crippen LogP contribution is 2.37. The highest BCUT2D eigenvalue weighted by Gasteiger charge is 2.26. The summed E-state index contributed by atoms with van der Waals surface area (Å²) in [5.74, 6) is 2.10. The van der Waals surface area contributed by atoms with Crippen LogP contribution in [0.3, 0.4) is 0 Å². The van der Waals surface area contributed by atoms with Crippen molar-refractivity contribution in [2.45, 2.75) is 52.9 Å². The number of ketones is 1. The van der Waals surface area contributed by atoms with E-state index in [1.165, 1.54) is 5.56 Å². The maximum absolute atomic E-state index is 12.3. The Labute approximate surface area is 122 Å². The van der Waals surface area contributed by atoms with Gasteiger partial charge in [-0.3, -0.25) is 4.79 Å². The quantitative estimate of drug-likeness (QED) is 0.803. The van der Waals surface area contributed by atoms with Crippen molar-refractivity contribution >= 4 is 5.78 Å². The number of para-hydroxylation sites is 1. The Balaban J connectivity index is 1.99. The smallest absolute Gasteiger partial charge is 0.133 e. The van der Waals surface area contributed by atoms with E-state index < -0.39 is 0 Å². The van der Waals surface area contributed by atoms with Gasteiger partial charge in [0.15, 0.2) is 0 Å². The maximum Gasteiger partial charge on any atom is 0.133 e. The maximum atomic E-state index is 12.3. The van der Waals surface area contributed by atoms with Gasteiger partial charge in [-0.05, 0) is 35.3 Å². The number of rotatable bonds is 4. The predicted molar refractivity (Wildman–Crippen MR) is 82.2 cm³/mol. The third-order valence-electron chi connectivity index (χ3n) is 4.57. The summed E-state index contributed by atoms with van der Waals surface area (Å²) in [6.45, 7) is 9.51. The molecule has 0 spiro atoms. The fourth-order valence-electron chi connectivity index (χ4n) is 2.63. The number of carbonyl (C=O) groups excluding carboxylic acids is 1. The van der Waals surface area contributed by atoms with Gasteiger partial charge in [-0.15, -0.1) is 0 Å². The van der Waals surface area contributed by atoms with Crippen LogP contribution in [0.25, 0.3) is 0 Å². The molecule has 0 N–H and O–H groups in total. The van der Waals surface area contributed by atoms with Crippen molar-refractivity contribution in [3.63, 3.8) is 0 Å².